The third kappa shape index (κ3) is 12.6. The van der Waals surface area contributed by atoms with Gasteiger partial charge < -0.3 is 48.1 Å². The van der Waals surface area contributed by atoms with Crippen molar-refractivity contribution in [2.45, 2.75) is 6.92 Å². The van der Waals surface area contributed by atoms with Crippen LogP contribution in [0.5, 0.6) is 40.6 Å². The van der Waals surface area contributed by atoms with Crippen LogP contribution in [-0.4, -0.2) is 88.9 Å². The lowest BCUT2D eigenvalue weighted by Gasteiger charge is -2.17. The Morgan fingerprint density at radius 3 is 1.45 bits per heavy atom. The molecule has 22 heteroatoms. The minimum Gasteiger partial charge on any atom is -0.506 e. The summed E-state index contributed by atoms with van der Waals surface area (Å²) in [5, 5.41) is 25.1. The summed E-state index contributed by atoms with van der Waals surface area (Å²) in [5.74, 6) is -1.35. The highest BCUT2D eigenvalue weighted by Gasteiger charge is 2.26. The van der Waals surface area contributed by atoms with Crippen LogP contribution in [0.3, 0.4) is 0 Å². The van der Waals surface area contributed by atoms with Gasteiger partial charge >= 0.3 is 0 Å². The fourth-order valence-electron chi connectivity index (χ4n) is 5.21. The summed E-state index contributed by atoms with van der Waals surface area (Å²) in [6.07, 6.45) is 2.34. The van der Waals surface area contributed by atoms with E-state index in [2.05, 4.69) is 40.6 Å². The number of hydrogen-bond acceptors (Lipinski definition) is 18. The molecule has 0 radical (unpaired) electrons. The van der Waals surface area contributed by atoms with Crippen LogP contribution in [0, 0.1) is 18.6 Å². The Kier molecular flexibility index (Phi) is 16.9. The molecule has 18 nitrogen and oxygen atoms in total. The van der Waals surface area contributed by atoms with Gasteiger partial charge in [-0.05, 0) is 65.8 Å². The second kappa shape index (κ2) is 23.6. The van der Waals surface area contributed by atoms with E-state index in [9.17, 15) is 4.39 Å². The number of rotatable bonds is 12. The highest BCUT2D eigenvalue weighted by Crippen LogP contribution is 2.34. The standard InChI is InChI=1S/C21H16ClFN4O5.C16H15FN4O4.C6H5ClO/c1-28-26-18(21-27-30-11-10-29-21)13-6-2-4-8-15(13)31-19-17(23)20(25-12-24-19)32-16-9-5-3-7-14(16)22;1-10-13(17)15(19-9-18-10)25-12-6-4-3-5-11(12)14(20-22-2)16-21-24-8-7-23-16;7-5-3-1-2-4-6(5)8/h2-9,12H,10-11H2,1H3;3-6,9H,7-8H2,1-2H3;1-4,8H/b26-18-;20-14-;. The second-order valence-electron chi connectivity index (χ2n) is 12.5. The van der Waals surface area contributed by atoms with E-state index in [-0.39, 0.29) is 70.4 Å². The van der Waals surface area contributed by atoms with Crippen LogP contribution in [0.2, 0.25) is 10.0 Å². The highest BCUT2D eigenvalue weighted by atomic mass is 35.5. The van der Waals surface area contributed by atoms with E-state index in [0.29, 0.717) is 46.7 Å². The topological polar surface area (TPSA) is 204 Å². The van der Waals surface area contributed by atoms with Crippen molar-refractivity contribution in [2.24, 2.45) is 20.6 Å². The Labute approximate surface area is 379 Å². The summed E-state index contributed by atoms with van der Waals surface area (Å²) >= 11 is 11.5. The maximum Gasteiger partial charge on any atom is 0.280 e. The first-order valence-electron chi connectivity index (χ1n) is 18.9. The molecule has 0 bridgehead atoms. The summed E-state index contributed by atoms with van der Waals surface area (Å²) in [6.45, 7) is 2.78. The van der Waals surface area contributed by atoms with Gasteiger partial charge in [-0.1, -0.05) is 82.0 Å². The van der Waals surface area contributed by atoms with Gasteiger partial charge in [0.15, 0.2) is 24.6 Å². The van der Waals surface area contributed by atoms with Crippen LogP contribution in [-0.2, 0) is 28.8 Å². The van der Waals surface area contributed by atoms with Gasteiger partial charge in [0.1, 0.15) is 63.1 Å². The molecule has 2 aliphatic heterocycles. The van der Waals surface area contributed by atoms with Crippen molar-refractivity contribution in [1.82, 2.24) is 19.9 Å². The lowest BCUT2D eigenvalue weighted by molar-refractivity contribution is 0.0672. The first-order chi connectivity index (χ1) is 31.7. The Balaban J connectivity index is 0.000000188. The number of para-hydroxylation sites is 4. The van der Waals surface area contributed by atoms with Crippen LogP contribution in [0.4, 0.5) is 8.78 Å². The normalized spacial score (nSPS) is 13.2. The highest BCUT2D eigenvalue weighted by molar-refractivity contribution is 6.46. The molecular formula is C43H36Cl2F2N8O10. The van der Waals surface area contributed by atoms with Crippen molar-refractivity contribution in [1.29, 1.82) is 0 Å². The van der Waals surface area contributed by atoms with E-state index in [1.165, 1.54) is 27.5 Å². The van der Waals surface area contributed by atoms with Gasteiger partial charge in [-0.2, -0.15) is 23.7 Å². The molecule has 0 atom stereocenters. The predicted octanol–water partition coefficient (Wildman–Crippen LogP) is 9.04. The van der Waals surface area contributed by atoms with E-state index < -0.39 is 11.6 Å². The number of ether oxygens (including phenoxy) is 5. The van der Waals surface area contributed by atoms with Crippen LogP contribution in [0.25, 0.3) is 0 Å². The smallest absolute Gasteiger partial charge is 0.280 e. The van der Waals surface area contributed by atoms with E-state index in [1.54, 1.807) is 97.1 Å². The molecule has 0 saturated carbocycles. The maximum absolute atomic E-state index is 15.1. The van der Waals surface area contributed by atoms with Crippen LogP contribution in [0.1, 0.15) is 16.8 Å². The van der Waals surface area contributed by atoms with Crippen molar-refractivity contribution >= 4 is 46.4 Å². The molecule has 0 unspecified atom stereocenters. The number of halogens is 4. The number of benzene rings is 4. The minimum absolute atomic E-state index is 0.0973. The molecule has 0 aliphatic carbocycles. The summed E-state index contributed by atoms with van der Waals surface area (Å²) in [5.41, 5.74) is 1.52. The molecule has 2 aliphatic rings. The molecule has 0 saturated heterocycles. The van der Waals surface area contributed by atoms with Gasteiger partial charge in [-0.3, -0.25) is 0 Å². The Morgan fingerprint density at radius 1 is 0.569 bits per heavy atom. The molecule has 0 amide bonds. The number of aromatic nitrogens is 4. The van der Waals surface area contributed by atoms with Crippen LogP contribution in [0.15, 0.2) is 130 Å². The fraction of sp³-hybridized carbons (Fsp3) is 0.163. The van der Waals surface area contributed by atoms with Gasteiger partial charge in [-0.25, -0.2) is 4.98 Å². The predicted molar refractivity (Wildman–Crippen MR) is 232 cm³/mol. The van der Waals surface area contributed by atoms with Crippen molar-refractivity contribution in [3.8, 4) is 40.6 Å². The van der Waals surface area contributed by atoms with Gasteiger partial charge in [0, 0.05) is 0 Å². The average molecular weight is 934 g/mol. The summed E-state index contributed by atoms with van der Waals surface area (Å²) in [6, 6.07) is 26.8. The number of hydrogen-bond donors (Lipinski definition) is 1. The van der Waals surface area contributed by atoms with E-state index in [0.717, 1.165) is 6.33 Å². The van der Waals surface area contributed by atoms with Crippen LogP contribution >= 0.6 is 23.2 Å². The molecule has 6 aromatic rings. The van der Waals surface area contributed by atoms with Crippen molar-refractivity contribution in [3.05, 3.63) is 148 Å². The van der Waals surface area contributed by atoms with Crippen molar-refractivity contribution < 1.29 is 56.9 Å². The third-order valence-electron chi connectivity index (χ3n) is 8.14. The van der Waals surface area contributed by atoms with Crippen molar-refractivity contribution in [3.63, 3.8) is 0 Å². The zero-order valence-electron chi connectivity index (χ0n) is 34.4. The lowest BCUT2D eigenvalue weighted by Crippen LogP contribution is -2.25. The number of aromatic hydroxyl groups is 1. The molecule has 8 rings (SSSR count). The fourth-order valence-corrected chi connectivity index (χ4v) is 5.52. The number of phenols is 1. The summed E-state index contributed by atoms with van der Waals surface area (Å²) < 4.78 is 57.0. The first kappa shape index (κ1) is 46.7. The van der Waals surface area contributed by atoms with Gasteiger partial charge in [0.25, 0.3) is 29.4 Å². The molecule has 1 N–H and O–H groups in total. The van der Waals surface area contributed by atoms with Crippen LogP contribution < -0.4 is 14.2 Å². The molecule has 2 aromatic heterocycles. The maximum atomic E-state index is 15.1. The van der Waals surface area contributed by atoms with Gasteiger partial charge in [-0.15, -0.1) is 0 Å². The monoisotopic (exact) mass is 932 g/mol. The number of phenolic OH excluding ortho intramolecular Hbond substituents is 1. The molecule has 0 spiro atoms. The second-order valence-corrected chi connectivity index (χ2v) is 13.3. The lowest BCUT2D eigenvalue weighted by atomic mass is 10.1. The zero-order chi connectivity index (χ0) is 46.0. The van der Waals surface area contributed by atoms with E-state index >= 15 is 4.39 Å². The molecule has 4 aromatic carbocycles. The molecule has 65 heavy (non-hydrogen) atoms. The minimum atomic E-state index is -0.915. The summed E-state index contributed by atoms with van der Waals surface area (Å²) in [4.78, 5) is 35.2. The number of aryl methyl sites for hydroxylation is 1. The molecule has 336 valence electrons. The zero-order valence-corrected chi connectivity index (χ0v) is 35.9. The van der Waals surface area contributed by atoms with E-state index in [4.69, 9.17) is 71.3 Å². The molecule has 0 fully saturated rings. The average Bonchev–Trinajstić information content (AvgIpc) is 3.33. The quantitative estimate of drug-likeness (QED) is 0.0899. The largest absolute Gasteiger partial charge is 0.506 e. The molecular weight excluding hydrogens is 897 g/mol. The first-order valence-corrected chi connectivity index (χ1v) is 19.7. The third-order valence-corrected chi connectivity index (χ3v) is 8.77. The van der Waals surface area contributed by atoms with Crippen molar-refractivity contribution in [2.75, 3.05) is 40.6 Å². The Morgan fingerprint density at radius 2 is 1.00 bits per heavy atom. The van der Waals surface area contributed by atoms with Gasteiger partial charge in [0.05, 0.1) is 26.9 Å². The number of oxime groups is 4. The van der Waals surface area contributed by atoms with Gasteiger partial charge in [0.2, 0.25) is 11.6 Å². The summed E-state index contributed by atoms with van der Waals surface area (Å²) in [7, 11) is 2.76. The Bertz CT molecular complexity index is 2680. The molecule has 4 heterocycles. The van der Waals surface area contributed by atoms with E-state index in [1.807, 2.05) is 0 Å². The Hall–Kier alpha value is -7.84. The number of nitrogens with zero attached hydrogens (tertiary/aromatic N) is 8. The SMILES string of the molecule is CO/N=C(\C1=NOCCO1)c1ccccc1Oc1ncnc(C)c1F.CO/N=C(\C1=NOCCO1)c1ccccc1Oc1ncnc(Oc2ccccc2Cl)c1F.Oc1ccccc1Cl.